The van der Waals surface area contributed by atoms with E-state index in [9.17, 15) is 14.4 Å². The number of aromatic nitrogens is 1. The fourth-order valence-corrected chi connectivity index (χ4v) is 2.76. The predicted molar refractivity (Wildman–Crippen MR) is 103 cm³/mol. The molecule has 0 aliphatic heterocycles. The minimum Gasteiger partial charge on any atom is -0.452 e. The number of anilines is 1. The molecule has 1 heterocycles. The number of hydrogen-bond acceptors (Lipinski definition) is 4. The number of esters is 1. The molecular weight excluding hydrogens is 344 g/mol. The molecule has 1 atom stereocenters. The highest BCUT2D eigenvalue weighted by atomic mass is 16.5. The molecule has 0 radical (unpaired) electrons. The SMILES string of the molecule is CC(=O)c1ccc(NC(=O)[C@H](C)OC(=O)Cc2c[nH]c3ccccc23)cc1. The Kier molecular flexibility index (Phi) is 5.35. The molecule has 0 fully saturated rings. The number of hydrogen-bond donors (Lipinski definition) is 2. The molecule has 0 aliphatic rings. The van der Waals surface area contributed by atoms with Crippen LogP contribution in [0.5, 0.6) is 0 Å². The highest BCUT2D eigenvalue weighted by Crippen LogP contribution is 2.18. The molecule has 6 nitrogen and oxygen atoms in total. The molecule has 2 N–H and O–H groups in total. The molecule has 2 aromatic carbocycles. The number of rotatable bonds is 6. The van der Waals surface area contributed by atoms with Crippen LogP contribution >= 0.6 is 0 Å². The molecule has 138 valence electrons. The Hall–Kier alpha value is -3.41. The van der Waals surface area contributed by atoms with E-state index in [4.69, 9.17) is 4.74 Å². The van der Waals surface area contributed by atoms with E-state index in [0.29, 0.717) is 11.3 Å². The van der Waals surface area contributed by atoms with Crippen LogP contribution in [0.3, 0.4) is 0 Å². The van der Waals surface area contributed by atoms with Gasteiger partial charge in [-0.25, -0.2) is 0 Å². The molecule has 0 unspecified atom stereocenters. The van der Waals surface area contributed by atoms with E-state index in [1.165, 1.54) is 13.8 Å². The second kappa shape index (κ2) is 7.86. The van der Waals surface area contributed by atoms with Crippen LogP contribution in [0.4, 0.5) is 5.69 Å². The third-order valence-electron chi connectivity index (χ3n) is 4.25. The molecule has 0 bridgehead atoms. The summed E-state index contributed by atoms with van der Waals surface area (Å²) in [4.78, 5) is 38.8. The lowest BCUT2D eigenvalue weighted by Gasteiger charge is -2.13. The Morgan fingerprint density at radius 1 is 1.07 bits per heavy atom. The topological polar surface area (TPSA) is 88.3 Å². The summed E-state index contributed by atoms with van der Waals surface area (Å²) in [6.45, 7) is 3.00. The maximum atomic E-state index is 12.2. The van der Waals surface area contributed by atoms with E-state index in [1.807, 2.05) is 24.3 Å². The number of carbonyl (C=O) groups is 3. The smallest absolute Gasteiger partial charge is 0.311 e. The molecule has 1 amide bonds. The van der Waals surface area contributed by atoms with Crippen molar-refractivity contribution in [3.63, 3.8) is 0 Å². The van der Waals surface area contributed by atoms with E-state index in [-0.39, 0.29) is 12.2 Å². The van der Waals surface area contributed by atoms with Gasteiger partial charge in [-0.15, -0.1) is 0 Å². The molecule has 0 saturated carbocycles. The lowest BCUT2D eigenvalue weighted by molar-refractivity contribution is -0.152. The van der Waals surface area contributed by atoms with Gasteiger partial charge in [-0.2, -0.15) is 0 Å². The minimum absolute atomic E-state index is 0.0487. The number of para-hydroxylation sites is 1. The number of carbonyl (C=O) groups excluding carboxylic acids is 3. The number of Topliss-reactive ketones (excluding diaryl/α,β-unsaturated/α-hetero) is 1. The molecule has 3 rings (SSSR count). The van der Waals surface area contributed by atoms with Gasteiger partial charge in [0.15, 0.2) is 11.9 Å². The second-order valence-corrected chi connectivity index (χ2v) is 6.29. The summed E-state index contributed by atoms with van der Waals surface area (Å²) >= 11 is 0. The van der Waals surface area contributed by atoms with E-state index in [2.05, 4.69) is 10.3 Å². The van der Waals surface area contributed by atoms with E-state index >= 15 is 0 Å². The first-order valence-corrected chi connectivity index (χ1v) is 8.60. The van der Waals surface area contributed by atoms with Crippen molar-refractivity contribution in [2.24, 2.45) is 0 Å². The minimum atomic E-state index is -0.935. The molecule has 1 aromatic heterocycles. The van der Waals surface area contributed by atoms with Gasteiger partial charge in [0.2, 0.25) is 0 Å². The zero-order valence-electron chi connectivity index (χ0n) is 15.1. The Labute approximate surface area is 156 Å². The van der Waals surface area contributed by atoms with Crippen LogP contribution in [0.15, 0.2) is 54.7 Å². The van der Waals surface area contributed by atoms with E-state index in [0.717, 1.165) is 16.5 Å². The summed E-state index contributed by atoms with van der Waals surface area (Å²) in [6.07, 6.45) is 0.914. The number of amides is 1. The first-order chi connectivity index (χ1) is 12.9. The largest absolute Gasteiger partial charge is 0.452 e. The predicted octanol–water partition coefficient (Wildman–Crippen LogP) is 3.48. The lowest BCUT2D eigenvalue weighted by atomic mass is 10.1. The van der Waals surface area contributed by atoms with Crippen LogP contribution in [0.1, 0.15) is 29.8 Å². The maximum Gasteiger partial charge on any atom is 0.311 e. The van der Waals surface area contributed by atoms with Gasteiger partial charge in [-0.1, -0.05) is 18.2 Å². The van der Waals surface area contributed by atoms with Crippen LogP contribution in [0.25, 0.3) is 10.9 Å². The lowest BCUT2D eigenvalue weighted by Crippen LogP contribution is -2.30. The molecule has 0 saturated heterocycles. The van der Waals surface area contributed by atoms with Crippen molar-refractivity contribution in [2.45, 2.75) is 26.4 Å². The normalized spacial score (nSPS) is 11.8. The second-order valence-electron chi connectivity index (χ2n) is 6.29. The van der Waals surface area contributed by atoms with Gasteiger partial charge >= 0.3 is 5.97 Å². The zero-order valence-corrected chi connectivity index (χ0v) is 15.1. The Bertz CT molecular complexity index is 989. The highest BCUT2D eigenvalue weighted by Gasteiger charge is 2.19. The van der Waals surface area contributed by atoms with Crippen LogP contribution < -0.4 is 5.32 Å². The van der Waals surface area contributed by atoms with Gasteiger partial charge in [-0.3, -0.25) is 14.4 Å². The zero-order chi connectivity index (χ0) is 19.4. The maximum absolute atomic E-state index is 12.2. The fraction of sp³-hybridized carbons (Fsp3) is 0.190. The summed E-state index contributed by atoms with van der Waals surface area (Å²) < 4.78 is 5.25. The van der Waals surface area contributed by atoms with Gasteiger partial charge < -0.3 is 15.0 Å². The van der Waals surface area contributed by atoms with Crippen molar-refractivity contribution < 1.29 is 19.1 Å². The monoisotopic (exact) mass is 364 g/mol. The molecule has 6 heteroatoms. The molecular formula is C21H20N2O4. The number of aromatic amines is 1. The first-order valence-electron chi connectivity index (χ1n) is 8.60. The average molecular weight is 364 g/mol. The van der Waals surface area contributed by atoms with E-state index in [1.54, 1.807) is 30.5 Å². The number of fused-ring (bicyclic) bond motifs is 1. The summed E-state index contributed by atoms with van der Waals surface area (Å²) in [5.41, 5.74) is 2.86. The standard InChI is InChI=1S/C21H20N2O4/c1-13(24)15-7-9-17(10-8-15)23-21(26)14(2)27-20(25)11-16-12-22-19-6-4-3-5-18(16)19/h3-10,12,14,22H,11H2,1-2H3,(H,23,26)/t14-/m0/s1. The summed E-state index contributed by atoms with van der Waals surface area (Å²) in [5, 5.41) is 3.62. The number of ketones is 1. The average Bonchev–Trinajstić information content (AvgIpc) is 3.05. The van der Waals surface area contributed by atoms with Crippen LogP contribution in [-0.4, -0.2) is 28.7 Å². The van der Waals surface area contributed by atoms with Gasteiger partial charge in [0.1, 0.15) is 0 Å². The molecule has 3 aromatic rings. The third-order valence-corrected chi connectivity index (χ3v) is 4.25. The quantitative estimate of drug-likeness (QED) is 0.518. The molecule has 0 aliphatic carbocycles. The van der Waals surface area contributed by atoms with Crippen molar-refractivity contribution in [3.8, 4) is 0 Å². The summed E-state index contributed by atoms with van der Waals surface area (Å²) in [7, 11) is 0. The van der Waals surface area contributed by atoms with Gasteiger partial charge in [0, 0.05) is 28.4 Å². The first kappa shape index (κ1) is 18.4. The van der Waals surface area contributed by atoms with Crippen molar-refractivity contribution >= 4 is 34.3 Å². The van der Waals surface area contributed by atoms with Crippen molar-refractivity contribution in [2.75, 3.05) is 5.32 Å². The number of benzene rings is 2. The highest BCUT2D eigenvalue weighted by molar-refractivity contribution is 5.97. The Morgan fingerprint density at radius 2 is 1.78 bits per heavy atom. The third kappa shape index (κ3) is 4.41. The Morgan fingerprint density at radius 3 is 2.48 bits per heavy atom. The van der Waals surface area contributed by atoms with Gasteiger partial charge in [0.05, 0.1) is 6.42 Å². The van der Waals surface area contributed by atoms with E-state index < -0.39 is 18.0 Å². The van der Waals surface area contributed by atoms with Crippen LogP contribution in [0, 0.1) is 0 Å². The molecule has 27 heavy (non-hydrogen) atoms. The van der Waals surface area contributed by atoms with Crippen molar-refractivity contribution in [1.29, 1.82) is 0 Å². The summed E-state index contributed by atoms with van der Waals surface area (Å²) in [5.74, 6) is -0.959. The number of nitrogens with one attached hydrogen (secondary N) is 2. The van der Waals surface area contributed by atoms with Crippen LogP contribution in [0.2, 0.25) is 0 Å². The Balaban J connectivity index is 1.57. The van der Waals surface area contributed by atoms with Crippen molar-refractivity contribution in [3.05, 3.63) is 65.9 Å². The van der Waals surface area contributed by atoms with Gasteiger partial charge in [-0.05, 0) is 49.7 Å². The molecule has 0 spiro atoms. The van der Waals surface area contributed by atoms with Crippen LogP contribution in [-0.2, 0) is 20.7 Å². The summed E-state index contributed by atoms with van der Waals surface area (Å²) in [6, 6.07) is 14.2. The fourth-order valence-electron chi connectivity index (χ4n) is 2.76. The number of H-pyrrole nitrogens is 1. The van der Waals surface area contributed by atoms with Gasteiger partial charge in [0.25, 0.3) is 5.91 Å². The number of ether oxygens (including phenoxy) is 1. The van der Waals surface area contributed by atoms with Crippen molar-refractivity contribution in [1.82, 2.24) is 4.98 Å².